The SMILES string of the molecule is Cc1ccc([C@@H]2COCCN2)c(Br)c1.Cl. The zero-order chi connectivity index (χ0) is 9.97. The molecule has 4 heteroatoms. The van der Waals surface area contributed by atoms with Crippen LogP contribution in [0.15, 0.2) is 22.7 Å². The number of aryl methyl sites for hydroxylation is 1. The Hall–Kier alpha value is -0.0900. The lowest BCUT2D eigenvalue weighted by molar-refractivity contribution is 0.0767. The fraction of sp³-hybridized carbons (Fsp3) is 0.455. The van der Waals surface area contributed by atoms with Gasteiger partial charge in [0.15, 0.2) is 0 Å². The summed E-state index contributed by atoms with van der Waals surface area (Å²) in [6.45, 7) is 4.62. The molecule has 0 unspecified atom stereocenters. The van der Waals surface area contributed by atoms with E-state index in [1.165, 1.54) is 15.6 Å². The van der Waals surface area contributed by atoms with Gasteiger partial charge in [0.2, 0.25) is 0 Å². The molecule has 0 saturated carbocycles. The molecule has 0 aliphatic carbocycles. The fourth-order valence-electron chi connectivity index (χ4n) is 1.68. The van der Waals surface area contributed by atoms with Crippen LogP contribution in [0.5, 0.6) is 0 Å². The Bertz CT molecular complexity index is 326. The molecule has 1 atom stereocenters. The Morgan fingerprint density at radius 2 is 2.27 bits per heavy atom. The van der Waals surface area contributed by atoms with Gasteiger partial charge < -0.3 is 10.1 Å². The van der Waals surface area contributed by atoms with E-state index >= 15 is 0 Å². The molecule has 1 N–H and O–H groups in total. The topological polar surface area (TPSA) is 21.3 Å². The van der Waals surface area contributed by atoms with E-state index in [-0.39, 0.29) is 12.4 Å². The van der Waals surface area contributed by atoms with E-state index in [2.05, 4.69) is 46.4 Å². The van der Waals surface area contributed by atoms with Crippen LogP contribution in [0, 0.1) is 6.92 Å². The van der Waals surface area contributed by atoms with Crippen LogP contribution in [0.3, 0.4) is 0 Å². The number of hydrogen-bond acceptors (Lipinski definition) is 2. The van der Waals surface area contributed by atoms with Crippen molar-refractivity contribution in [2.45, 2.75) is 13.0 Å². The number of rotatable bonds is 1. The van der Waals surface area contributed by atoms with Crippen LogP contribution in [0.25, 0.3) is 0 Å². The maximum absolute atomic E-state index is 5.44. The summed E-state index contributed by atoms with van der Waals surface area (Å²) in [5.41, 5.74) is 2.56. The molecule has 2 nitrogen and oxygen atoms in total. The maximum Gasteiger partial charge on any atom is 0.0662 e. The normalized spacial score (nSPS) is 20.8. The second kappa shape index (κ2) is 5.85. The zero-order valence-corrected chi connectivity index (χ0v) is 11.0. The zero-order valence-electron chi connectivity index (χ0n) is 8.63. The molecule has 1 aromatic carbocycles. The van der Waals surface area contributed by atoms with E-state index in [1.807, 2.05) is 0 Å². The van der Waals surface area contributed by atoms with E-state index in [0.29, 0.717) is 6.04 Å². The second-order valence-electron chi connectivity index (χ2n) is 3.61. The number of ether oxygens (including phenoxy) is 1. The van der Waals surface area contributed by atoms with Crippen molar-refractivity contribution in [2.75, 3.05) is 19.8 Å². The number of halogens is 2. The van der Waals surface area contributed by atoms with Gasteiger partial charge in [-0.1, -0.05) is 28.1 Å². The van der Waals surface area contributed by atoms with Crippen molar-refractivity contribution in [1.82, 2.24) is 5.32 Å². The largest absolute Gasteiger partial charge is 0.378 e. The molecule has 0 spiro atoms. The molecule has 84 valence electrons. The minimum atomic E-state index is 0. The van der Waals surface area contributed by atoms with Crippen molar-refractivity contribution in [1.29, 1.82) is 0 Å². The number of benzene rings is 1. The minimum Gasteiger partial charge on any atom is -0.378 e. The minimum absolute atomic E-state index is 0. The van der Waals surface area contributed by atoms with E-state index in [9.17, 15) is 0 Å². The first-order valence-corrected chi connectivity index (χ1v) is 5.64. The Balaban J connectivity index is 0.00000112. The van der Waals surface area contributed by atoms with E-state index < -0.39 is 0 Å². The lowest BCUT2D eigenvalue weighted by atomic mass is 10.1. The summed E-state index contributed by atoms with van der Waals surface area (Å²) in [4.78, 5) is 0. The van der Waals surface area contributed by atoms with E-state index in [0.717, 1.165) is 19.8 Å². The summed E-state index contributed by atoms with van der Waals surface area (Å²) in [6, 6.07) is 6.77. The molecule has 2 rings (SSSR count). The molecule has 0 amide bonds. The van der Waals surface area contributed by atoms with Crippen LogP contribution in [0.1, 0.15) is 17.2 Å². The van der Waals surface area contributed by atoms with Crippen LogP contribution >= 0.6 is 28.3 Å². The van der Waals surface area contributed by atoms with E-state index in [4.69, 9.17) is 4.74 Å². The summed E-state index contributed by atoms with van der Waals surface area (Å²) < 4.78 is 6.61. The van der Waals surface area contributed by atoms with Gasteiger partial charge in [-0.25, -0.2) is 0 Å². The standard InChI is InChI=1S/C11H14BrNO.ClH/c1-8-2-3-9(10(12)6-8)11-7-14-5-4-13-11;/h2-3,6,11,13H,4-5,7H2,1H3;1H/t11-;/m0./s1. The van der Waals surface area contributed by atoms with Crippen molar-refractivity contribution in [3.63, 3.8) is 0 Å². The lowest BCUT2D eigenvalue weighted by Crippen LogP contribution is -2.34. The van der Waals surface area contributed by atoms with Gasteiger partial charge in [-0.05, 0) is 24.1 Å². The predicted molar refractivity (Wildman–Crippen MR) is 67.7 cm³/mol. The first kappa shape index (κ1) is 13.0. The number of morpholine rings is 1. The summed E-state index contributed by atoms with van der Waals surface area (Å²) in [5.74, 6) is 0. The highest BCUT2D eigenvalue weighted by Crippen LogP contribution is 2.25. The maximum atomic E-state index is 5.44. The quantitative estimate of drug-likeness (QED) is 0.859. The summed E-state index contributed by atoms with van der Waals surface area (Å²) >= 11 is 3.59. The second-order valence-corrected chi connectivity index (χ2v) is 4.46. The van der Waals surface area contributed by atoms with Gasteiger partial charge in [0.05, 0.1) is 19.3 Å². The molecular weight excluding hydrogens is 277 g/mol. The van der Waals surface area contributed by atoms with Crippen molar-refractivity contribution in [3.05, 3.63) is 33.8 Å². The van der Waals surface area contributed by atoms with Crippen molar-refractivity contribution < 1.29 is 4.74 Å². The van der Waals surface area contributed by atoms with Crippen LogP contribution in [-0.4, -0.2) is 19.8 Å². The van der Waals surface area contributed by atoms with Gasteiger partial charge in [-0.2, -0.15) is 0 Å². The molecule has 0 radical (unpaired) electrons. The highest BCUT2D eigenvalue weighted by Gasteiger charge is 2.17. The van der Waals surface area contributed by atoms with Gasteiger partial charge in [0.25, 0.3) is 0 Å². The van der Waals surface area contributed by atoms with Crippen molar-refractivity contribution in [2.24, 2.45) is 0 Å². The molecule has 0 bridgehead atoms. The van der Waals surface area contributed by atoms with Gasteiger partial charge in [0.1, 0.15) is 0 Å². The van der Waals surface area contributed by atoms with Crippen molar-refractivity contribution >= 4 is 28.3 Å². The Kier molecular flexibility index (Phi) is 5.06. The molecule has 1 aliphatic heterocycles. The Labute approximate surface area is 105 Å². The van der Waals surface area contributed by atoms with Crippen LogP contribution < -0.4 is 5.32 Å². The smallest absolute Gasteiger partial charge is 0.0662 e. The van der Waals surface area contributed by atoms with Crippen molar-refractivity contribution in [3.8, 4) is 0 Å². The first-order chi connectivity index (χ1) is 6.77. The highest BCUT2D eigenvalue weighted by molar-refractivity contribution is 9.10. The average molecular weight is 293 g/mol. The summed E-state index contributed by atoms with van der Waals surface area (Å²) in [5, 5.41) is 3.44. The lowest BCUT2D eigenvalue weighted by Gasteiger charge is -2.25. The number of nitrogens with one attached hydrogen (secondary N) is 1. The van der Waals surface area contributed by atoms with Crippen LogP contribution in [0.4, 0.5) is 0 Å². The average Bonchev–Trinajstić information content (AvgIpc) is 2.19. The monoisotopic (exact) mass is 291 g/mol. The third-order valence-corrected chi connectivity index (χ3v) is 3.14. The summed E-state index contributed by atoms with van der Waals surface area (Å²) in [7, 11) is 0. The van der Waals surface area contributed by atoms with Gasteiger partial charge in [-0.3, -0.25) is 0 Å². The highest BCUT2D eigenvalue weighted by atomic mass is 79.9. The molecule has 1 saturated heterocycles. The molecule has 1 heterocycles. The number of hydrogen-bond donors (Lipinski definition) is 1. The van der Waals surface area contributed by atoms with Gasteiger partial charge >= 0.3 is 0 Å². The molecule has 0 aromatic heterocycles. The van der Waals surface area contributed by atoms with Crippen LogP contribution in [0.2, 0.25) is 0 Å². The Morgan fingerprint density at radius 3 is 2.87 bits per heavy atom. The summed E-state index contributed by atoms with van der Waals surface area (Å²) in [6.07, 6.45) is 0. The van der Waals surface area contributed by atoms with Crippen LogP contribution in [-0.2, 0) is 4.74 Å². The molecule has 1 aliphatic rings. The first-order valence-electron chi connectivity index (χ1n) is 4.84. The van der Waals surface area contributed by atoms with Gasteiger partial charge in [0, 0.05) is 11.0 Å². The third kappa shape index (κ3) is 3.18. The molecule has 15 heavy (non-hydrogen) atoms. The molecule has 1 aromatic rings. The predicted octanol–water partition coefficient (Wildman–Crippen LogP) is 2.84. The van der Waals surface area contributed by atoms with Gasteiger partial charge in [-0.15, -0.1) is 12.4 Å². The molecular formula is C11H15BrClNO. The third-order valence-electron chi connectivity index (χ3n) is 2.45. The van der Waals surface area contributed by atoms with E-state index in [1.54, 1.807) is 0 Å². The Morgan fingerprint density at radius 1 is 1.47 bits per heavy atom. The molecule has 1 fully saturated rings. The fourth-order valence-corrected chi connectivity index (χ4v) is 2.45.